The zero-order valence-electron chi connectivity index (χ0n) is 8.15. The van der Waals surface area contributed by atoms with E-state index in [9.17, 15) is 10.2 Å². The molecule has 15 heavy (non-hydrogen) atoms. The molecule has 0 aliphatic rings. The third kappa shape index (κ3) is 3.08. The molecular weight excluding hydrogens is 283 g/mol. The molecule has 1 aromatic carbocycles. The first kappa shape index (κ1) is 12.8. The van der Waals surface area contributed by atoms with E-state index in [1.165, 1.54) is 7.11 Å². The number of ether oxygens (including phenoxy) is 1. The number of halogens is 2. The van der Waals surface area contributed by atoms with Crippen molar-refractivity contribution in [2.75, 3.05) is 12.4 Å². The van der Waals surface area contributed by atoms with Gasteiger partial charge in [-0.15, -0.1) is 0 Å². The number of aliphatic hydroxyl groups excluding tert-OH is 2. The Labute approximate surface area is 102 Å². The van der Waals surface area contributed by atoms with Crippen molar-refractivity contribution in [2.45, 2.75) is 12.2 Å². The smallest absolute Gasteiger partial charge is 0.124 e. The number of hydrogen-bond acceptors (Lipinski definition) is 3. The van der Waals surface area contributed by atoms with Crippen molar-refractivity contribution < 1.29 is 14.9 Å². The van der Waals surface area contributed by atoms with E-state index in [2.05, 4.69) is 15.9 Å². The van der Waals surface area contributed by atoms with Crippen molar-refractivity contribution in [3.05, 3.63) is 28.8 Å². The second-order valence-electron chi connectivity index (χ2n) is 3.05. The van der Waals surface area contributed by atoms with E-state index in [4.69, 9.17) is 16.3 Å². The summed E-state index contributed by atoms with van der Waals surface area (Å²) in [6.07, 6.45) is -1.91. The highest BCUT2D eigenvalue weighted by atomic mass is 79.9. The Bertz CT molecular complexity index is 332. The Hall–Kier alpha value is -0.290. The molecule has 0 heterocycles. The van der Waals surface area contributed by atoms with Gasteiger partial charge in [-0.25, -0.2) is 0 Å². The van der Waals surface area contributed by atoms with Crippen molar-refractivity contribution in [1.29, 1.82) is 0 Å². The summed E-state index contributed by atoms with van der Waals surface area (Å²) < 4.78 is 5.07. The fraction of sp³-hybridized carbons (Fsp3) is 0.400. The molecule has 84 valence electrons. The normalized spacial score (nSPS) is 14.7. The summed E-state index contributed by atoms with van der Waals surface area (Å²) in [4.78, 5) is 0. The summed E-state index contributed by atoms with van der Waals surface area (Å²) in [5.74, 6) is 0.506. The minimum atomic E-state index is -1.02. The molecule has 0 aliphatic heterocycles. The van der Waals surface area contributed by atoms with Crippen LogP contribution in [0.1, 0.15) is 11.7 Å². The van der Waals surface area contributed by atoms with Crippen LogP contribution in [0.15, 0.2) is 18.2 Å². The van der Waals surface area contributed by atoms with E-state index in [0.717, 1.165) is 0 Å². The highest BCUT2D eigenvalue weighted by Gasteiger charge is 2.21. The van der Waals surface area contributed by atoms with Crippen LogP contribution in [0.2, 0.25) is 5.02 Å². The van der Waals surface area contributed by atoms with E-state index < -0.39 is 12.2 Å². The summed E-state index contributed by atoms with van der Waals surface area (Å²) in [5, 5.41) is 20.1. The van der Waals surface area contributed by atoms with Crippen molar-refractivity contribution in [2.24, 2.45) is 0 Å². The molecule has 2 unspecified atom stereocenters. The topological polar surface area (TPSA) is 49.7 Å². The maximum absolute atomic E-state index is 9.81. The largest absolute Gasteiger partial charge is 0.496 e. The SMILES string of the molecule is COc1ccc(Cl)cc1C(O)C(O)CBr. The number of hydrogen-bond donors (Lipinski definition) is 2. The number of benzene rings is 1. The van der Waals surface area contributed by atoms with Crippen LogP contribution in [0.3, 0.4) is 0 Å². The highest BCUT2D eigenvalue weighted by molar-refractivity contribution is 9.09. The maximum atomic E-state index is 9.81. The van der Waals surface area contributed by atoms with E-state index in [0.29, 0.717) is 16.3 Å². The number of methoxy groups -OCH3 is 1. The fourth-order valence-electron chi connectivity index (χ4n) is 1.23. The van der Waals surface area contributed by atoms with E-state index in [1.54, 1.807) is 18.2 Å². The van der Waals surface area contributed by atoms with Crippen LogP contribution < -0.4 is 4.74 Å². The second kappa shape index (κ2) is 5.70. The first-order valence-electron chi connectivity index (χ1n) is 4.35. The summed E-state index contributed by atoms with van der Waals surface area (Å²) in [6, 6.07) is 4.90. The molecule has 0 radical (unpaired) electrons. The molecule has 0 saturated heterocycles. The predicted molar refractivity (Wildman–Crippen MR) is 62.8 cm³/mol. The van der Waals surface area contributed by atoms with Gasteiger partial charge in [0.15, 0.2) is 0 Å². The van der Waals surface area contributed by atoms with Gasteiger partial charge in [0, 0.05) is 15.9 Å². The van der Waals surface area contributed by atoms with E-state index in [1.807, 2.05) is 0 Å². The Morgan fingerprint density at radius 1 is 1.47 bits per heavy atom. The molecule has 0 spiro atoms. The Kier molecular flexibility index (Phi) is 4.86. The summed E-state index contributed by atoms with van der Waals surface area (Å²) >= 11 is 8.90. The highest BCUT2D eigenvalue weighted by Crippen LogP contribution is 2.30. The molecule has 0 bridgehead atoms. The van der Waals surface area contributed by atoms with Gasteiger partial charge >= 0.3 is 0 Å². The Morgan fingerprint density at radius 2 is 2.13 bits per heavy atom. The van der Waals surface area contributed by atoms with E-state index >= 15 is 0 Å². The van der Waals surface area contributed by atoms with Gasteiger partial charge in [-0.1, -0.05) is 27.5 Å². The molecule has 1 rings (SSSR count). The van der Waals surface area contributed by atoms with Crippen LogP contribution in [0.4, 0.5) is 0 Å². The van der Waals surface area contributed by atoms with Gasteiger partial charge in [0.1, 0.15) is 11.9 Å². The molecule has 5 heteroatoms. The fourth-order valence-corrected chi connectivity index (χ4v) is 1.76. The van der Waals surface area contributed by atoms with Crippen molar-refractivity contribution in [1.82, 2.24) is 0 Å². The van der Waals surface area contributed by atoms with Crippen molar-refractivity contribution >= 4 is 27.5 Å². The van der Waals surface area contributed by atoms with Gasteiger partial charge in [0.2, 0.25) is 0 Å². The molecule has 0 aromatic heterocycles. The molecule has 2 N–H and O–H groups in total. The molecule has 3 nitrogen and oxygen atoms in total. The minimum Gasteiger partial charge on any atom is -0.496 e. The predicted octanol–water partition coefficient (Wildman–Crippen LogP) is 2.14. The lowest BCUT2D eigenvalue weighted by Crippen LogP contribution is -2.20. The molecule has 0 saturated carbocycles. The average molecular weight is 296 g/mol. The monoisotopic (exact) mass is 294 g/mol. The van der Waals surface area contributed by atoms with Crippen LogP contribution in [-0.2, 0) is 0 Å². The zero-order chi connectivity index (χ0) is 11.4. The van der Waals surface area contributed by atoms with Gasteiger partial charge in [-0.2, -0.15) is 0 Å². The van der Waals surface area contributed by atoms with Crippen LogP contribution >= 0.6 is 27.5 Å². The van der Waals surface area contributed by atoms with Crippen molar-refractivity contribution in [3.8, 4) is 5.75 Å². The first-order chi connectivity index (χ1) is 7.10. The summed E-state index contributed by atoms with van der Waals surface area (Å²) in [6.45, 7) is 0. The van der Waals surface area contributed by atoms with Crippen LogP contribution in [0, 0.1) is 0 Å². The molecular formula is C10H12BrClO3. The van der Waals surface area contributed by atoms with Crippen LogP contribution in [-0.4, -0.2) is 28.8 Å². The quantitative estimate of drug-likeness (QED) is 0.837. The van der Waals surface area contributed by atoms with Gasteiger partial charge in [-0.3, -0.25) is 0 Å². The van der Waals surface area contributed by atoms with Crippen LogP contribution in [0.25, 0.3) is 0 Å². The Balaban J connectivity index is 3.05. The number of aliphatic hydroxyl groups is 2. The van der Waals surface area contributed by atoms with Gasteiger partial charge in [0.25, 0.3) is 0 Å². The van der Waals surface area contributed by atoms with Gasteiger partial charge in [-0.05, 0) is 18.2 Å². The lowest BCUT2D eigenvalue weighted by Gasteiger charge is -2.18. The summed E-state index contributed by atoms with van der Waals surface area (Å²) in [5.41, 5.74) is 0.483. The lowest BCUT2D eigenvalue weighted by molar-refractivity contribution is 0.0327. The van der Waals surface area contributed by atoms with Gasteiger partial charge < -0.3 is 14.9 Å². The van der Waals surface area contributed by atoms with Crippen molar-refractivity contribution in [3.63, 3.8) is 0 Å². The van der Waals surface area contributed by atoms with E-state index in [-0.39, 0.29) is 5.33 Å². The standard InChI is InChI=1S/C10H12BrClO3/c1-15-9-3-2-6(12)4-7(9)10(14)8(13)5-11/h2-4,8,10,13-14H,5H2,1H3. The lowest BCUT2D eigenvalue weighted by atomic mass is 10.0. The molecule has 0 aliphatic carbocycles. The summed E-state index contributed by atoms with van der Waals surface area (Å²) in [7, 11) is 1.50. The molecule has 2 atom stereocenters. The zero-order valence-corrected chi connectivity index (χ0v) is 10.5. The maximum Gasteiger partial charge on any atom is 0.124 e. The minimum absolute atomic E-state index is 0.282. The Morgan fingerprint density at radius 3 is 2.67 bits per heavy atom. The third-order valence-corrected chi connectivity index (χ3v) is 2.93. The third-order valence-electron chi connectivity index (χ3n) is 2.03. The molecule has 0 amide bonds. The van der Waals surface area contributed by atoms with Crippen LogP contribution in [0.5, 0.6) is 5.75 Å². The average Bonchev–Trinajstić information content (AvgIpc) is 2.27. The molecule has 1 aromatic rings. The second-order valence-corrected chi connectivity index (χ2v) is 4.14. The van der Waals surface area contributed by atoms with Gasteiger partial charge in [0.05, 0.1) is 13.2 Å². The number of rotatable bonds is 4. The molecule has 0 fully saturated rings. The number of alkyl halides is 1. The first-order valence-corrected chi connectivity index (χ1v) is 5.85.